The molecule has 20 heavy (non-hydrogen) atoms. The zero-order valence-corrected chi connectivity index (χ0v) is 12.8. The van der Waals surface area contributed by atoms with Crippen LogP contribution in [-0.4, -0.2) is 41.7 Å². The van der Waals surface area contributed by atoms with Gasteiger partial charge in [0.1, 0.15) is 13.2 Å². The van der Waals surface area contributed by atoms with E-state index in [0.29, 0.717) is 34.9 Å². The lowest BCUT2D eigenvalue weighted by atomic mass is 10.2. The molecule has 1 aromatic carbocycles. The summed E-state index contributed by atoms with van der Waals surface area (Å²) < 4.78 is 11.5. The molecule has 1 heterocycles. The summed E-state index contributed by atoms with van der Waals surface area (Å²) in [6.07, 6.45) is 0. The highest BCUT2D eigenvalue weighted by molar-refractivity contribution is 9.10. The Labute approximate surface area is 128 Å². The largest absolute Gasteiger partial charge is 0.486 e. The molecule has 2 N–H and O–H groups in total. The highest BCUT2D eigenvalue weighted by Gasteiger charge is 2.16. The normalized spacial score (nSPS) is 12.8. The number of halogens is 1. The second-order valence-electron chi connectivity index (χ2n) is 3.91. The van der Waals surface area contributed by atoms with E-state index in [1.807, 2.05) is 0 Å². The van der Waals surface area contributed by atoms with Gasteiger partial charge in [0.25, 0.3) is 0 Å². The Hall–Kier alpha value is -1.41. The third kappa shape index (κ3) is 4.04. The van der Waals surface area contributed by atoms with E-state index in [1.54, 1.807) is 12.1 Å². The summed E-state index contributed by atoms with van der Waals surface area (Å²) in [6.45, 7) is 0.966. The van der Waals surface area contributed by atoms with E-state index in [9.17, 15) is 9.59 Å². The number of carboxylic acid groups (broad SMARTS) is 1. The van der Waals surface area contributed by atoms with Gasteiger partial charge in [0, 0.05) is 16.6 Å². The number of carbonyl (C=O) groups excluding carboxylic acids is 1. The summed E-state index contributed by atoms with van der Waals surface area (Å²) in [5, 5.41) is 11.2. The molecule has 0 aromatic heterocycles. The molecule has 0 aliphatic carbocycles. The van der Waals surface area contributed by atoms with Crippen LogP contribution in [0.2, 0.25) is 0 Å². The van der Waals surface area contributed by atoms with Crippen molar-refractivity contribution < 1.29 is 24.2 Å². The SMILES string of the molecule is O=C(O)CSCC(=O)Nc1cc2c(cc1Br)OCCO2. The maximum absolute atomic E-state index is 11.7. The van der Waals surface area contributed by atoms with Crippen molar-refractivity contribution in [2.75, 3.05) is 30.0 Å². The van der Waals surface area contributed by atoms with E-state index in [1.165, 1.54) is 0 Å². The fourth-order valence-corrected chi connectivity index (χ4v) is 2.53. The van der Waals surface area contributed by atoms with E-state index >= 15 is 0 Å². The van der Waals surface area contributed by atoms with Crippen LogP contribution in [-0.2, 0) is 9.59 Å². The number of rotatable bonds is 5. The second kappa shape index (κ2) is 6.85. The number of fused-ring (bicyclic) bond motifs is 1. The summed E-state index contributed by atoms with van der Waals surface area (Å²) in [5.41, 5.74) is 0.565. The van der Waals surface area contributed by atoms with Crippen molar-refractivity contribution in [2.45, 2.75) is 0 Å². The van der Waals surface area contributed by atoms with Gasteiger partial charge in [-0.1, -0.05) is 0 Å². The van der Waals surface area contributed by atoms with Crippen molar-refractivity contribution in [2.24, 2.45) is 0 Å². The zero-order chi connectivity index (χ0) is 14.5. The number of aliphatic carboxylic acids is 1. The lowest BCUT2D eigenvalue weighted by Crippen LogP contribution is -2.18. The Bertz CT molecular complexity index is 537. The molecule has 0 spiro atoms. The molecule has 2 rings (SSSR count). The molecule has 0 saturated heterocycles. The van der Waals surface area contributed by atoms with Gasteiger partial charge in [-0.05, 0) is 15.9 Å². The molecule has 0 bridgehead atoms. The van der Waals surface area contributed by atoms with Crippen molar-refractivity contribution in [3.63, 3.8) is 0 Å². The molecule has 6 nitrogen and oxygen atoms in total. The van der Waals surface area contributed by atoms with Crippen molar-refractivity contribution >= 4 is 45.3 Å². The third-order valence-corrected chi connectivity index (χ3v) is 3.94. The van der Waals surface area contributed by atoms with Gasteiger partial charge in [0.05, 0.1) is 17.2 Å². The molecular weight excluding hydrogens is 350 g/mol. The minimum absolute atomic E-state index is 0.0766. The van der Waals surface area contributed by atoms with Gasteiger partial charge < -0.3 is 19.9 Å². The Morgan fingerprint density at radius 3 is 2.55 bits per heavy atom. The van der Waals surface area contributed by atoms with Crippen LogP contribution in [0.3, 0.4) is 0 Å². The molecule has 0 unspecified atom stereocenters. The topological polar surface area (TPSA) is 84.9 Å². The summed E-state index contributed by atoms with van der Waals surface area (Å²) in [5.74, 6) is -0.0330. The molecule has 108 valence electrons. The van der Waals surface area contributed by atoms with E-state index in [4.69, 9.17) is 14.6 Å². The van der Waals surface area contributed by atoms with E-state index in [0.717, 1.165) is 11.8 Å². The number of thioether (sulfide) groups is 1. The zero-order valence-electron chi connectivity index (χ0n) is 10.3. The fourth-order valence-electron chi connectivity index (χ4n) is 1.58. The first-order chi connectivity index (χ1) is 9.56. The number of hydrogen-bond acceptors (Lipinski definition) is 5. The summed E-state index contributed by atoms with van der Waals surface area (Å²) in [4.78, 5) is 22.1. The van der Waals surface area contributed by atoms with Crippen LogP contribution in [0.5, 0.6) is 11.5 Å². The molecule has 1 amide bonds. The number of amides is 1. The number of hydrogen-bond donors (Lipinski definition) is 2. The highest BCUT2D eigenvalue weighted by Crippen LogP contribution is 2.38. The van der Waals surface area contributed by atoms with E-state index < -0.39 is 5.97 Å². The number of carboxylic acids is 1. The number of nitrogens with one attached hydrogen (secondary N) is 1. The van der Waals surface area contributed by atoms with Gasteiger partial charge >= 0.3 is 5.97 Å². The van der Waals surface area contributed by atoms with Crippen LogP contribution in [0.1, 0.15) is 0 Å². The molecular formula is C12H12BrNO5S. The van der Waals surface area contributed by atoms with Gasteiger partial charge in [-0.2, -0.15) is 0 Å². The van der Waals surface area contributed by atoms with E-state index in [2.05, 4.69) is 21.2 Å². The van der Waals surface area contributed by atoms with Crippen molar-refractivity contribution in [3.05, 3.63) is 16.6 Å². The van der Waals surface area contributed by atoms with Gasteiger partial charge in [-0.25, -0.2) is 0 Å². The highest BCUT2D eigenvalue weighted by atomic mass is 79.9. The summed E-state index contributed by atoms with van der Waals surface area (Å²) >= 11 is 4.38. The Morgan fingerprint density at radius 1 is 1.25 bits per heavy atom. The number of carbonyl (C=O) groups is 2. The molecule has 1 aliphatic heterocycles. The average Bonchev–Trinajstić information content (AvgIpc) is 2.39. The monoisotopic (exact) mass is 361 g/mol. The fraction of sp³-hybridized carbons (Fsp3) is 0.333. The number of anilines is 1. The van der Waals surface area contributed by atoms with Crippen molar-refractivity contribution in [1.82, 2.24) is 0 Å². The summed E-state index contributed by atoms with van der Waals surface area (Å²) in [7, 11) is 0. The Morgan fingerprint density at radius 2 is 1.90 bits per heavy atom. The first kappa shape index (κ1) is 15.0. The van der Waals surface area contributed by atoms with Gasteiger partial charge in [0.15, 0.2) is 11.5 Å². The lowest BCUT2D eigenvalue weighted by molar-refractivity contribution is -0.133. The smallest absolute Gasteiger partial charge is 0.313 e. The van der Waals surface area contributed by atoms with Crippen molar-refractivity contribution in [3.8, 4) is 11.5 Å². The predicted molar refractivity (Wildman–Crippen MR) is 78.7 cm³/mol. The molecule has 0 fully saturated rings. The number of ether oxygens (including phenoxy) is 2. The first-order valence-corrected chi connectivity index (χ1v) is 7.69. The summed E-state index contributed by atoms with van der Waals surface area (Å²) in [6, 6.07) is 3.41. The standard InChI is InChI=1S/C12H12BrNO5S/c13-7-3-9-10(19-2-1-18-9)4-8(7)14-11(15)5-20-6-12(16)17/h3-4H,1-2,5-6H2,(H,14,15)(H,16,17). The van der Waals surface area contributed by atoms with Gasteiger partial charge in [0.2, 0.25) is 5.91 Å². The Balaban J connectivity index is 1.98. The first-order valence-electron chi connectivity index (χ1n) is 5.75. The van der Waals surface area contributed by atoms with Crippen LogP contribution in [0.15, 0.2) is 16.6 Å². The molecule has 1 aliphatic rings. The quantitative estimate of drug-likeness (QED) is 0.833. The van der Waals surface area contributed by atoms with Crippen LogP contribution in [0.25, 0.3) is 0 Å². The minimum atomic E-state index is -0.941. The maximum Gasteiger partial charge on any atom is 0.313 e. The average molecular weight is 362 g/mol. The van der Waals surface area contributed by atoms with Gasteiger partial charge in [-0.15, -0.1) is 11.8 Å². The lowest BCUT2D eigenvalue weighted by Gasteiger charge is -2.20. The number of benzene rings is 1. The van der Waals surface area contributed by atoms with Crippen LogP contribution >= 0.6 is 27.7 Å². The molecule has 1 aromatic rings. The Kier molecular flexibility index (Phi) is 5.13. The van der Waals surface area contributed by atoms with Crippen molar-refractivity contribution in [1.29, 1.82) is 0 Å². The third-order valence-electron chi connectivity index (χ3n) is 2.36. The molecule has 0 atom stereocenters. The van der Waals surface area contributed by atoms with Crippen LogP contribution < -0.4 is 14.8 Å². The minimum Gasteiger partial charge on any atom is -0.486 e. The van der Waals surface area contributed by atoms with Gasteiger partial charge in [-0.3, -0.25) is 9.59 Å². The van der Waals surface area contributed by atoms with Crippen LogP contribution in [0.4, 0.5) is 5.69 Å². The second-order valence-corrected chi connectivity index (χ2v) is 5.75. The van der Waals surface area contributed by atoms with Crippen LogP contribution in [0, 0.1) is 0 Å². The predicted octanol–water partition coefficient (Wildman–Crippen LogP) is 1.98. The molecule has 0 saturated carbocycles. The molecule has 8 heteroatoms. The molecule has 0 radical (unpaired) electrons. The van der Waals surface area contributed by atoms with E-state index in [-0.39, 0.29) is 17.4 Å². The maximum atomic E-state index is 11.7.